The van der Waals surface area contributed by atoms with Gasteiger partial charge in [-0.15, -0.1) is 0 Å². The molecular weight excluding hydrogens is 240 g/mol. The number of aromatic nitrogens is 2. The predicted molar refractivity (Wildman–Crippen MR) is 75.0 cm³/mol. The number of benzene rings is 1. The Hall–Kier alpha value is -2.01. The topological polar surface area (TPSA) is 66.9 Å². The molecule has 0 aliphatic heterocycles. The van der Waals surface area contributed by atoms with Crippen molar-refractivity contribution in [2.45, 2.75) is 13.3 Å². The van der Waals surface area contributed by atoms with E-state index in [2.05, 4.69) is 27.5 Å². The van der Waals surface area contributed by atoms with Crippen molar-refractivity contribution in [2.75, 3.05) is 19.6 Å². The third-order valence-electron chi connectivity index (χ3n) is 2.75. The molecule has 1 heterocycles. The van der Waals surface area contributed by atoms with Crippen molar-refractivity contribution in [1.29, 1.82) is 0 Å². The van der Waals surface area contributed by atoms with Gasteiger partial charge in [0.15, 0.2) is 0 Å². The summed E-state index contributed by atoms with van der Waals surface area (Å²) in [6, 6.07) is 5.34. The third kappa shape index (κ3) is 3.72. The second-order valence-electron chi connectivity index (χ2n) is 4.27. The minimum Gasteiger partial charge on any atom is -0.351 e. The molecule has 2 rings (SSSR count). The van der Waals surface area contributed by atoms with Gasteiger partial charge in [-0.2, -0.15) is 0 Å². The maximum atomic E-state index is 11.9. The number of hydrogen-bond donors (Lipinski definition) is 2. The molecule has 2 aromatic rings. The van der Waals surface area contributed by atoms with Gasteiger partial charge >= 0.3 is 0 Å². The van der Waals surface area contributed by atoms with Gasteiger partial charge in [-0.3, -0.25) is 14.8 Å². The summed E-state index contributed by atoms with van der Waals surface area (Å²) in [5, 5.41) is 6.11. The third-order valence-corrected chi connectivity index (χ3v) is 2.75. The Labute approximate surface area is 112 Å². The summed E-state index contributed by atoms with van der Waals surface area (Å²) in [5.74, 6) is -0.0779. The fourth-order valence-electron chi connectivity index (χ4n) is 1.77. The van der Waals surface area contributed by atoms with Gasteiger partial charge in [0, 0.05) is 31.0 Å². The number of carbonyl (C=O) groups is 1. The highest BCUT2D eigenvalue weighted by Crippen LogP contribution is 2.10. The van der Waals surface area contributed by atoms with Gasteiger partial charge in [0.2, 0.25) is 0 Å². The summed E-state index contributed by atoms with van der Waals surface area (Å²) < 4.78 is 0. The first-order chi connectivity index (χ1) is 9.31. The first-order valence-electron chi connectivity index (χ1n) is 6.51. The van der Waals surface area contributed by atoms with E-state index in [-0.39, 0.29) is 5.91 Å². The van der Waals surface area contributed by atoms with E-state index in [0.29, 0.717) is 12.1 Å². The molecule has 0 unspecified atom stereocenters. The molecule has 5 heteroatoms. The predicted octanol–water partition coefficient (Wildman–Crippen LogP) is 1.36. The van der Waals surface area contributed by atoms with Gasteiger partial charge in [-0.25, -0.2) is 0 Å². The van der Waals surface area contributed by atoms with E-state index >= 15 is 0 Å². The second kappa shape index (κ2) is 6.80. The zero-order chi connectivity index (χ0) is 13.5. The van der Waals surface area contributed by atoms with Crippen LogP contribution in [0, 0.1) is 0 Å². The lowest BCUT2D eigenvalue weighted by Gasteiger charge is -2.06. The van der Waals surface area contributed by atoms with Crippen LogP contribution in [0.5, 0.6) is 0 Å². The van der Waals surface area contributed by atoms with Crippen molar-refractivity contribution >= 4 is 16.9 Å². The molecule has 1 amide bonds. The molecular formula is C14H18N4O. The Morgan fingerprint density at radius 2 is 1.89 bits per heavy atom. The smallest absolute Gasteiger partial charge is 0.251 e. The molecule has 0 bridgehead atoms. The number of carbonyl (C=O) groups excluding carboxylic acids is 1. The molecule has 0 aliphatic rings. The first-order valence-corrected chi connectivity index (χ1v) is 6.51. The Morgan fingerprint density at radius 3 is 2.68 bits per heavy atom. The molecule has 0 radical (unpaired) electrons. The van der Waals surface area contributed by atoms with Gasteiger partial charge < -0.3 is 10.6 Å². The van der Waals surface area contributed by atoms with E-state index in [0.717, 1.165) is 30.5 Å². The fraction of sp³-hybridized carbons (Fsp3) is 0.357. The highest BCUT2D eigenvalue weighted by atomic mass is 16.1. The molecule has 100 valence electrons. The van der Waals surface area contributed by atoms with Crippen LogP contribution in [0.25, 0.3) is 11.0 Å². The van der Waals surface area contributed by atoms with E-state index in [1.165, 1.54) is 0 Å². The number of hydrogen-bond acceptors (Lipinski definition) is 4. The summed E-state index contributed by atoms with van der Waals surface area (Å²) in [7, 11) is 0. The molecule has 0 aliphatic carbocycles. The molecule has 0 spiro atoms. The summed E-state index contributed by atoms with van der Waals surface area (Å²) in [6.45, 7) is 4.49. The highest BCUT2D eigenvalue weighted by Gasteiger charge is 2.06. The molecule has 1 aromatic heterocycles. The Kier molecular flexibility index (Phi) is 4.80. The van der Waals surface area contributed by atoms with E-state index in [1.54, 1.807) is 24.5 Å². The zero-order valence-electron chi connectivity index (χ0n) is 11.0. The van der Waals surface area contributed by atoms with Gasteiger partial charge in [-0.05, 0) is 31.2 Å². The Morgan fingerprint density at radius 1 is 1.11 bits per heavy atom. The first kappa shape index (κ1) is 13.4. The van der Waals surface area contributed by atoms with E-state index < -0.39 is 0 Å². The van der Waals surface area contributed by atoms with E-state index in [4.69, 9.17) is 0 Å². The lowest BCUT2D eigenvalue weighted by Crippen LogP contribution is -2.32. The van der Waals surface area contributed by atoms with Crippen LogP contribution in [0.3, 0.4) is 0 Å². The SMILES string of the molecule is CCCNCCNC(=O)c1ccc2nccnc2c1. The van der Waals surface area contributed by atoms with Crippen molar-refractivity contribution in [2.24, 2.45) is 0 Å². The average Bonchev–Trinajstić information content (AvgIpc) is 2.46. The van der Waals surface area contributed by atoms with Gasteiger partial charge in [0.25, 0.3) is 5.91 Å². The maximum absolute atomic E-state index is 11.9. The average molecular weight is 258 g/mol. The number of nitrogens with one attached hydrogen (secondary N) is 2. The number of rotatable bonds is 6. The van der Waals surface area contributed by atoms with E-state index in [9.17, 15) is 4.79 Å². The molecule has 5 nitrogen and oxygen atoms in total. The minimum atomic E-state index is -0.0779. The monoisotopic (exact) mass is 258 g/mol. The zero-order valence-corrected chi connectivity index (χ0v) is 11.0. The van der Waals surface area contributed by atoms with Crippen LogP contribution < -0.4 is 10.6 Å². The van der Waals surface area contributed by atoms with Crippen molar-refractivity contribution in [3.05, 3.63) is 36.2 Å². The molecule has 19 heavy (non-hydrogen) atoms. The van der Waals surface area contributed by atoms with Gasteiger partial charge in [0.1, 0.15) is 0 Å². The molecule has 0 fully saturated rings. The molecule has 2 N–H and O–H groups in total. The number of nitrogens with zero attached hydrogens (tertiary/aromatic N) is 2. The van der Waals surface area contributed by atoms with Crippen molar-refractivity contribution < 1.29 is 4.79 Å². The lowest BCUT2D eigenvalue weighted by molar-refractivity contribution is 0.0954. The lowest BCUT2D eigenvalue weighted by atomic mass is 10.2. The molecule has 0 saturated carbocycles. The van der Waals surface area contributed by atoms with Gasteiger partial charge in [-0.1, -0.05) is 6.92 Å². The quantitative estimate of drug-likeness (QED) is 0.768. The maximum Gasteiger partial charge on any atom is 0.251 e. The van der Waals surface area contributed by atoms with Crippen LogP contribution in [-0.4, -0.2) is 35.5 Å². The molecule has 0 saturated heterocycles. The summed E-state index contributed by atoms with van der Waals surface area (Å²) in [4.78, 5) is 20.3. The summed E-state index contributed by atoms with van der Waals surface area (Å²) in [6.07, 6.45) is 4.36. The Bertz CT molecular complexity index is 556. The van der Waals surface area contributed by atoms with Crippen LogP contribution in [-0.2, 0) is 0 Å². The van der Waals surface area contributed by atoms with Crippen LogP contribution in [0.15, 0.2) is 30.6 Å². The molecule has 0 atom stereocenters. The summed E-state index contributed by atoms with van der Waals surface area (Å²) >= 11 is 0. The van der Waals surface area contributed by atoms with E-state index in [1.807, 2.05) is 6.07 Å². The van der Waals surface area contributed by atoms with Crippen molar-refractivity contribution in [3.8, 4) is 0 Å². The molecule has 1 aromatic carbocycles. The fourth-order valence-corrected chi connectivity index (χ4v) is 1.77. The normalized spacial score (nSPS) is 10.6. The Balaban J connectivity index is 1.93. The van der Waals surface area contributed by atoms with Crippen molar-refractivity contribution in [3.63, 3.8) is 0 Å². The second-order valence-corrected chi connectivity index (χ2v) is 4.27. The van der Waals surface area contributed by atoms with Gasteiger partial charge in [0.05, 0.1) is 11.0 Å². The number of amides is 1. The van der Waals surface area contributed by atoms with Crippen molar-refractivity contribution in [1.82, 2.24) is 20.6 Å². The van der Waals surface area contributed by atoms with Crippen LogP contribution >= 0.6 is 0 Å². The number of fused-ring (bicyclic) bond motifs is 1. The van der Waals surface area contributed by atoms with Crippen LogP contribution in [0.2, 0.25) is 0 Å². The highest BCUT2D eigenvalue weighted by molar-refractivity contribution is 5.97. The van der Waals surface area contributed by atoms with Crippen LogP contribution in [0.4, 0.5) is 0 Å². The van der Waals surface area contributed by atoms with Crippen LogP contribution in [0.1, 0.15) is 23.7 Å². The largest absolute Gasteiger partial charge is 0.351 e. The standard InChI is InChI=1S/C14H18N4O/c1-2-5-15-6-7-18-14(19)11-3-4-12-13(10-11)17-9-8-16-12/h3-4,8-10,15H,2,5-7H2,1H3,(H,18,19). The summed E-state index contributed by atoms with van der Waals surface area (Å²) in [5.41, 5.74) is 2.14. The minimum absolute atomic E-state index is 0.0779.